The number of halogens is 2. The number of amides is 2. The monoisotopic (exact) mass is 288 g/mol. The Labute approximate surface area is 115 Å². The Balaban J connectivity index is 3.01. The van der Waals surface area contributed by atoms with Gasteiger partial charge in [0.25, 0.3) is 0 Å². The van der Waals surface area contributed by atoms with Crippen molar-refractivity contribution < 1.29 is 9.59 Å². The molecule has 0 aromatic heterocycles. The van der Waals surface area contributed by atoms with E-state index in [0.717, 1.165) is 0 Å². The summed E-state index contributed by atoms with van der Waals surface area (Å²) in [4.78, 5) is 23.0. The molecule has 0 bridgehead atoms. The first-order valence-electron chi connectivity index (χ1n) is 5.24. The molecule has 0 heterocycles. The van der Waals surface area contributed by atoms with Gasteiger partial charge in [-0.3, -0.25) is 9.59 Å². The zero-order valence-corrected chi connectivity index (χ0v) is 11.6. The van der Waals surface area contributed by atoms with E-state index in [1.54, 1.807) is 13.8 Å². The smallest absolute Gasteiger partial charge is 0.248 e. The number of hydrogen-bond acceptors (Lipinski definition) is 2. The molecule has 0 radical (unpaired) electrons. The van der Waals surface area contributed by atoms with Gasteiger partial charge in [0, 0.05) is 11.4 Å². The van der Waals surface area contributed by atoms with Gasteiger partial charge in [-0.15, -0.1) is 11.6 Å². The average Bonchev–Trinajstić information content (AvgIpc) is 2.31. The molecule has 0 saturated heterocycles. The molecule has 1 aromatic carbocycles. The number of nitrogens with two attached hydrogens (primary N) is 1. The Morgan fingerprint density at radius 1 is 1.39 bits per heavy atom. The van der Waals surface area contributed by atoms with Gasteiger partial charge in [-0.1, -0.05) is 11.6 Å². The fraction of sp³-hybridized carbons (Fsp3) is 0.333. The van der Waals surface area contributed by atoms with Crippen molar-refractivity contribution in [2.24, 2.45) is 11.1 Å². The minimum Gasteiger partial charge on any atom is -0.366 e. The molecule has 1 aromatic rings. The van der Waals surface area contributed by atoms with Gasteiger partial charge in [-0.2, -0.15) is 0 Å². The van der Waals surface area contributed by atoms with Crippen LogP contribution in [0.1, 0.15) is 24.2 Å². The van der Waals surface area contributed by atoms with Gasteiger partial charge < -0.3 is 11.1 Å². The number of hydrogen-bond donors (Lipinski definition) is 2. The lowest BCUT2D eigenvalue weighted by Gasteiger charge is -2.21. The number of nitrogens with one attached hydrogen (secondary N) is 1. The highest BCUT2D eigenvalue weighted by molar-refractivity contribution is 6.34. The van der Waals surface area contributed by atoms with Gasteiger partial charge in [0.05, 0.1) is 16.1 Å². The van der Waals surface area contributed by atoms with Crippen LogP contribution in [0.5, 0.6) is 0 Å². The molecule has 2 amide bonds. The van der Waals surface area contributed by atoms with Crippen LogP contribution < -0.4 is 11.1 Å². The molecule has 98 valence electrons. The van der Waals surface area contributed by atoms with Crippen molar-refractivity contribution >= 4 is 40.7 Å². The predicted molar refractivity (Wildman–Crippen MR) is 73.1 cm³/mol. The molecule has 0 aliphatic heterocycles. The number of anilines is 1. The van der Waals surface area contributed by atoms with E-state index in [9.17, 15) is 9.59 Å². The van der Waals surface area contributed by atoms with Crippen LogP contribution in [0.2, 0.25) is 5.02 Å². The molecule has 0 aliphatic rings. The summed E-state index contributed by atoms with van der Waals surface area (Å²) in [6.45, 7) is 3.42. The van der Waals surface area contributed by atoms with Gasteiger partial charge in [0.1, 0.15) is 0 Å². The third-order valence-electron chi connectivity index (χ3n) is 2.45. The summed E-state index contributed by atoms with van der Waals surface area (Å²) in [7, 11) is 0. The van der Waals surface area contributed by atoms with Crippen LogP contribution in [0.4, 0.5) is 5.69 Å². The first-order valence-corrected chi connectivity index (χ1v) is 6.16. The first-order chi connectivity index (χ1) is 8.27. The van der Waals surface area contributed by atoms with E-state index < -0.39 is 11.3 Å². The summed E-state index contributed by atoms with van der Waals surface area (Å²) >= 11 is 11.6. The van der Waals surface area contributed by atoms with Gasteiger partial charge in [0.2, 0.25) is 11.8 Å². The summed E-state index contributed by atoms with van der Waals surface area (Å²) in [5.41, 5.74) is 5.05. The van der Waals surface area contributed by atoms with Crippen molar-refractivity contribution in [2.75, 3.05) is 11.2 Å². The van der Waals surface area contributed by atoms with Crippen LogP contribution in [-0.2, 0) is 4.79 Å². The molecule has 0 spiro atoms. The van der Waals surface area contributed by atoms with E-state index >= 15 is 0 Å². The molecule has 6 heteroatoms. The van der Waals surface area contributed by atoms with E-state index in [2.05, 4.69) is 5.32 Å². The van der Waals surface area contributed by atoms with Crippen LogP contribution >= 0.6 is 23.2 Å². The molecule has 0 saturated carbocycles. The maximum absolute atomic E-state index is 11.9. The van der Waals surface area contributed by atoms with E-state index in [4.69, 9.17) is 28.9 Å². The third-order valence-corrected chi connectivity index (χ3v) is 3.45. The average molecular weight is 289 g/mol. The van der Waals surface area contributed by atoms with Gasteiger partial charge >= 0.3 is 0 Å². The summed E-state index contributed by atoms with van der Waals surface area (Å²) in [5.74, 6) is -0.689. The zero-order chi connectivity index (χ0) is 13.9. The standard InChI is InChI=1S/C12H14Cl2N2O2/c1-12(2,6-13)11(18)16-9-5-7(10(15)17)3-4-8(9)14/h3-5H,6H2,1-2H3,(H2,15,17)(H,16,18). The highest BCUT2D eigenvalue weighted by Gasteiger charge is 2.27. The SMILES string of the molecule is CC(C)(CCl)C(=O)Nc1cc(C(N)=O)ccc1Cl. The second kappa shape index (κ2) is 5.59. The Morgan fingerprint density at radius 3 is 2.50 bits per heavy atom. The minimum absolute atomic E-state index is 0.173. The van der Waals surface area contributed by atoms with Gasteiger partial charge in [-0.05, 0) is 32.0 Å². The van der Waals surface area contributed by atoms with Gasteiger partial charge in [0.15, 0.2) is 0 Å². The number of carbonyl (C=O) groups excluding carboxylic acids is 2. The highest BCUT2D eigenvalue weighted by Crippen LogP contribution is 2.26. The van der Waals surface area contributed by atoms with Crippen molar-refractivity contribution in [3.8, 4) is 0 Å². The molecule has 0 unspecified atom stereocenters. The third kappa shape index (κ3) is 3.37. The maximum Gasteiger partial charge on any atom is 0.248 e. The topological polar surface area (TPSA) is 72.2 Å². The van der Waals surface area contributed by atoms with Crippen LogP contribution in [0.25, 0.3) is 0 Å². The fourth-order valence-corrected chi connectivity index (χ4v) is 1.41. The number of rotatable bonds is 4. The highest BCUT2D eigenvalue weighted by atomic mass is 35.5. The number of alkyl halides is 1. The normalized spacial score (nSPS) is 11.1. The molecule has 0 atom stereocenters. The quantitative estimate of drug-likeness (QED) is 0.836. The Morgan fingerprint density at radius 2 is 2.00 bits per heavy atom. The second-order valence-corrected chi connectivity index (χ2v) is 5.20. The first kappa shape index (κ1) is 14.8. The lowest BCUT2D eigenvalue weighted by molar-refractivity contribution is -0.122. The lowest BCUT2D eigenvalue weighted by Crippen LogP contribution is -2.32. The van der Waals surface area contributed by atoms with E-state index in [1.165, 1.54) is 18.2 Å². The Kier molecular flexibility index (Phi) is 4.59. The predicted octanol–water partition coefficient (Wildman–Crippen LogP) is 2.64. The largest absolute Gasteiger partial charge is 0.366 e. The van der Waals surface area contributed by atoms with Crippen LogP contribution in [0.15, 0.2) is 18.2 Å². The lowest BCUT2D eigenvalue weighted by atomic mass is 9.95. The second-order valence-electron chi connectivity index (χ2n) is 4.53. The van der Waals surface area contributed by atoms with Crippen LogP contribution in [0.3, 0.4) is 0 Å². The van der Waals surface area contributed by atoms with Crippen molar-refractivity contribution in [2.45, 2.75) is 13.8 Å². The molecule has 0 fully saturated rings. The molecular formula is C12H14Cl2N2O2. The maximum atomic E-state index is 11.9. The summed E-state index contributed by atoms with van der Waals surface area (Å²) in [6.07, 6.45) is 0. The number of primary amides is 1. The van der Waals surface area contributed by atoms with Crippen LogP contribution in [0, 0.1) is 5.41 Å². The van der Waals surface area contributed by atoms with E-state index in [1.807, 2.05) is 0 Å². The van der Waals surface area contributed by atoms with E-state index in [-0.39, 0.29) is 17.4 Å². The number of benzene rings is 1. The molecule has 0 aliphatic carbocycles. The summed E-state index contributed by atoms with van der Waals surface area (Å²) < 4.78 is 0. The molecule has 1 rings (SSSR count). The van der Waals surface area contributed by atoms with Crippen LogP contribution in [-0.4, -0.2) is 17.7 Å². The van der Waals surface area contributed by atoms with Crippen molar-refractivity contribution in [3.63, 3.8) is 0 Å². The summed E-state index contributed by atoms with van der Waals surface area (Å²) in [6, 6.07) is 4.44. The molecule has 3 N–H and O–H groups in total. The van der Waals surface area contributed by atoms with Crippen molar-refractivity contribution in [1.82, 2.24) is 0 Å². The summed E-state index contributed by atoms with van der Waals surface area (Å²) in [5, 5.41) is 2.97. The molecule has 18 heavy (non-hydrogen) atoms. The van der Waals surface area contributed by atoms with Crippen molar-refractivity contribution in [1.29, 1.82) is 0 Å². The minimum atomic E-state index is -0.729. The fourth-order valence-electron chi connectivity index (χ4n) is 1.13. The van der Waals surface area contributed by atoms with E-state index in [0.29, 0.717) is 10.7 Å². The number of carbonyl (C=O) groups is 2. The molecule has 4 nitrogen and oxygen atoms in total. The van der Waals surface area contributed by atoms with Gasteiger partial charge in [-0.25, -0.2) is 0 Å². The Bertz CT molecular complexity index is 487. The Hall–Kier alpha value is -1.26. The molecular weight excluding hydrogens is 275 g/mol. The van der Waals surface area contributed by atoms with Crippen molar-refractivity contribution in [3.05, 3.63) is 28.8 Å². The zero-order valence-electron chi connectivity index (χ0n) is 10.1.